The number of carbonyl (C=O) groups is 3. The Labute approximate surface area is 209 Å². The molecule has 0 aliphatic carbocycles. The molecule has 1 heterocycles. The Kier molecular flexibility index (Phi) is 8.19. The lowest BCUT2D eigenvalue weighted by atomic mass is 9.96. The minimum atomic E-state index is -1.82. The van der Waals surface area contributed by atoms with E-state index in [1.807, 2.05) is 0 Å². The lowest BCUT2D eigenvalue weighted by Gasteiger charge is -2.16. The van der Waals surface area contributed by atoms with Gasteiger partial charge in [0.05, 0.1) is 39.5 Å². The zero-order valence-electron chi connectivity index (χ0n) is 17.5. The third-order valence-corrected chi connectivity index (χ3v) is 5.86. The van der Waals surface area contributed by atoms with Crippen molar-refractivity contribution in [2.45, 2.75) is 13.8 Å². The number of ketones is 1. The van der Waals surface area contributed by atoms with Crippen LogP contribution in [0.3, 0.4) is 0 Å². The van der Waals surface area contributed by atoms with E-state index in [2.05, 4.69) is 4.98 Å². The van der Waals surface area contributed by atoms with Crippen molar-refractivity contribution in [3.63, 3.8) is 0 Å². The molecule has 172 valence electrons. The quantitative estimate of drug-likeness (QED) is 0.198. The van der Waals surface area contributed by atoms with E-state index in [-0.39, 0.29) is 44.7 Å². The van der Waals surface area contributed by atoms with Crippen LogP contribution < -0.4 is 0 Å². The van der Waals surface area contributed by atoms with Crippen LogP contribution in [0.15, 0.2) is 36.4 Å². The smallest absolute Gasteiger partial charge is 0.328 e. The highest BCUT2D eigenvalue weighted by molar-refractivity contribution is 6.42. The molecule has 1 aromatic heterocycles. The molecule has 0 N–H and O–H groups in total. The summed E-state index contributed by atoms with van der Waals surface area (Å²) in [4.78, 5) is 43.2. The van der Waals surface area contributed by atoms with Crippen molar-refractivity contribution >= 4 is 75.0 Å². The summed E-state index contributed by atoms with van der Waals surface area (Å²) in [6.45, 7) is 3.08. The molecule has 3 rings (SSSR count). The summed E-state index contributed by atoms with van der Waals surface area (Å²) in [6, 6.07) is 9.20. The number of pyridine rings is 1. The maximum atomic E-state index is 13.6. The molecule has 0 spiro atoms. The second-order valence-electron chi connectivity index (χ2n) is 6.77. The van der Waals surface area contributed by atoms with Crippen LogP contribution >= 0.6 is 46.4 Å². The van der Waals surface area contributed by atoms with Crippen LogP contribution in [0.25, 0.3) is 22.2 Å². The molecular formula is C23H17Cl4NO5. The Hall–Kier alpha value is -2.38. The summed E-state index contributed by atoms with van der Waals surface area (Å²) < 4.78 is 9.91. The minimum Gasteiger partial charge on any atom is -0.465 e. The number of nitrogens with zero attached hydrogens (tertiary/aromatic N) is 1. The van der Waals surface area contributed by atoms with Crippen LogP contribution in [-0.2, 0) is 19.1 Å². The second-order valence-corrected chi connectivity index (χ2v) is 8.43. The SMILES string of the molecule is CCOC(=O)C(C(=O)OCC)C(=O)c1c[14c](-c2ccc(Cl)c(Cl)c2)nc2c(Cl)cc(Cl)cc12. The largest absolute Gasteiger partial charge is 0.465 e. The zero-order chi connectivity index (χ0) is 24.3. The first-order chi connectivity index (χ1) is 15.7. The maximum absolute atomic E-state index is 13.6. The summed E-state index contributed by atoms with van der Waals surface area (Å²) in [5, 5.41) is 1.31. The minimum absolute atomic E-state index is 0.00317. The molecule has 2 aromatic carbocycles. The van der Waals surface area contributed by atoms with Gasteiger partial charge >= 0.3 is 11.9 Å². The van der Waals surface area contributed by atoms with Crippen LogP contribution in [0.5, 0.6) is 0 Å². The van der Waals surface area contributed by atoms with Crippen molar-refractivity contribution in [1.29, 1.82) is 0 Å². The van der Waals surface area contributed by atoms with Crippen molar-refractivity contribution < 1.29 is 23.9 Å². The average molecular weight is 531 g/mol. The van der Waals surface area contributed by atoms with Gasteiger partial charge in [0.1, 0.15) is 0 Å². The van der Waals surface area contributed by atoms with Crippen LogP contribution in [0.2, 0.25) is 20.1 Å². The van der Waals surface area contributed by atoms with Gasteiger partial charge in [-0.2, -0.15) is 0 Å². The van der Waals surface area contributed by atoms with Crippen molar-refractivity contribution in [3.8, 4) is 11.3 Å². The number of benzene rings is 2. The summed E-state index contributed by atoms with van der Waals surface area (Å²) in [5.41, 5.74) is 1.10. The van der Waals surface area contributed by atoms with Crippen molar-refractivity contribution in [1.82, 2.24) is 4.98 Å². The first-order valence-electron chi connectivity index (χ1n) is 9.80. The monoisotopic (exact) mass is 529 g/mol. The van der Waals surface area contributed by atoms with Crippen molar-refractivity contribution in [2.24, 2.45) is 5.92 Å². The Balaban J connectivity index is 2.28. The number of aromatic nitrogens is 1. The topological polar surface area (TPSA) is 82.6 Å². The van der Waals surface area contributed by atoms with Gasteiger partial charge < -0.3 is 9.47 Å². The molecule has 0 saturated carbocycles. The van der Waals surface area contributed by atoms with Gasteiger partial charge in [0.25, 0.3) is 0 Å². The van der Waals surface area contributed by atoms with Crippen LogP contribution in [-0.4, -0.2) is 35.9 Å². The number of halogens is 4. The van der Waals surface area contributed by atoms with E-state index in [1.165, 1.54) is 18.2 Å². The first kappa shape index (κ1) is 25.2. The fourth-order valence-corrected chi connectivity index (χ4v) is 4.01. The normalized spacial score (nSPS) is 11.0. The molecule has 33 heavy (non-hydrogen) atoms. The number of rotatable bonds is 7. The number of fused-ring (bicyclic) bond motifs is 1. The number of esters is 2. The van der Waals surface area contributed by atoms with E-state index in [0.29, 0.717) is 16.3 Å². The average Bonchev–Trinajstić information content (AvgIpc) is 2.75. The Morgan fingerprint density at radius 1 is 0.909 bits per heavy atom. The van der Waals surface area contributed by atoms with Gasteiger partial charge in [-0.25, -0.2) is 4.98 Å². The van der Waals surface area contributed by atoms with Gasteiger partial charge in [-0.3, -0.25) is 14.4 Å². The highest BCUT2D eigenvalue weighted by Crippen LogP contribution is 2.35. The molecule has 0 amide bonds. The molecule has 0 atom stereocenters. The van der Waals surface area contributed by atoms with Gasteiger partial charge in [-0.1, -0.05) is 52.5 Å². The van der Waals surface area contributed by atoms with Crippen molar-refractivity contribution in [3.05, 3.63) is 62.1 Å². The number of ether oxygens (including phenoxy) is 2. The Morgan fingerprint density at radius 2 is 1.55 bits per heavy atom. The second kappa shape index (κ2) is 10.7. The van der Waals surface area contributed by atoms with E-state index in [0.717, 1.165) is 0 Å². The van der Waals surface area contributed by atoms with Crippen LogP contribution in [0.1, 0.15) is 24.2 Å². The van der Waals surface area contributed by atoms with Crippen LogP contribution in [0.4, 0.5) is 0 Å². The van der Waals surface area contributed by atoms with Crippen molar-refractivity contribution in [2.75, 3.05) is 13.2 Å². The molecule has 0 saturated heterocycles. The van der Waals surface area contributed by atoms with Gasteiger partial charge in [0.2, 0.25) is 5.92 Å². The van der Waals surface area contributed by atoms with E-state index in [1.54, 1.807) is 32.0 Å². The number of Topliss-reactive ketones (excluding diaryl/α,β-unsaturated/α-hetero) is 1. The van der Waals surface area contributed by atoms with E-state index >= 15 is 0 Å². The van der Waals surface area contributed by atoms with Gasteiger partial charge in [0.15, 0.2) is 5.78 Å². The third-order valence-electron chi connectivity index (χ3n) is 4.62. The highest BCUT2D eigenvalue weighted by Gasteiger charge is 2.38. The number of hydrogen-bond acceptors (Lipinski definition) is 6. The van der Waals surface area contributed by atoms with Gasteiger partial charge in [0, 0.05) is 21.5 Å². The Morgan fingerprint density at radius 3 is 2.12 bits per heavy atom. The first-order valence-corrected chi connectivity index (χ1v) is 11.3. The molecule has 0 fully saturated rings. The maximum Gasteiger partial charge on any atom is 0.328 e. The Bertz CT molecular complexity index is 1240. The van der Waals surface area contributed by atoms with E-state index in [9.17, 15) is 14.4 Å². The molecule has 0 aliphatic heterocycles. The molecule has 0 aliphatic rings. The third kappa shape index (κ3) is 5.41. The summed E-state index contributed by atoms with van der Waals surface area (Å²) >= 11 is 24.7. The fraction of sp³-hybridized carbons (Fsp3) is 0.217. The van der Waals surface area contributed by atoms with Gasteiger partial charge in [-0.05, 0) is 44.2 Å². The standard InChI is InChI=1S/C23H17Cl4NO5/c1-3-32-22(30)19(23(31)33-4-2)21(29)14-10-18(11-5-6-15(25)16(26)7-11)28-20-13(14)8-12(24)9-17(20)27/h5-10,19H,3-4H2,1-2H3/i18+2. The number of hydrogen-bond donors (Lipinski definition) is 0. The highest BCUT2D eigenvalue weighted by atomic mass is 35.5. The lowest BCUT2D eigenvalue weighted by molar-refractivity contribution is -0.158. The summed E-state index contributed by atoms with van der Waals surface area (Å²) in [6.07, 6.45) is 0. The fourth-order valence-electron chi connectivity index (χ4n) is 3.18. The number of carbonyl (C=O) groups excluding carboxylic acids is 3. The predicted octanol–water partition coefficient (Wildman–Crippen LogP) is 6.44. The molecule has 0 radical (unpaired) electrons. The molecule has 10 heteroatoms. The lowest BCUT2D eigenvalue weighted by Crippen LogP contribution is -2.35. The molecule has 0 unspecified atom stereocenters. The molecule has 0 bridgehead atoms. The zero-order valence-corrected chi connectivity index (χ0v) is 20.5. The van der Waals surface area contributed by atoms with E-state index < -0.39 is 23.6 Å². The molecule has 3 aromatic rings. The summed E-state index contributed by atoms with van der Waals surface area (Å²) in [5.74, 6) is -4.70. The predicted molar refractivity (Wildman–Crippen MR) is 128 cm³/mol. The van der Waals surface area contributed by atoms with Gasteiger partial charge in [-0.15, -0.1) is 0 Å². The van der Waals surface area contributed by atoms with E-state index in [4.69, 9.17) is 55.9 Å². The summed E-state index contributed by atoms with van der Waals surface area (Å²) in [7, 11) is 0. The molecule has 6 nitrogen and oxygen atoms in total. The molecular weight excluding hydrogens is 514 g/mol. The van der Waals surface area contributed by atoms with Crippen LogP contribution in [0, 0.1) is 5.92 Å².